The molecule has 0 bridgehead atoms. The highest BCUT2D eigenvalue weighted by Gasteiger charge is 2.32. The van der Waals surface area contributed by atoms with Crippen molar-refractivity contribution < 1.29 is 9.32 Å². The van der Waals surface area contributed by atoms with Crippen LogP contribution in [0.3, 0.4) is 0 Å². The largest absolute Gasteiger partial charge is 0.359 e. The van der Waals surface area contributed by atoms with Crippen molar-refractivity contribution in [1.82, 2.24) is 20.3 Å². The molecule has 0 atom stereocenters. The summed E-state index contributed by atoms with van der Waals surface area (Å²) in [4.78, 5) is 16.2. The van der Waals surface area contributed by atoms with Crippen molar-refractivity contribution in [2.75, 3.05) is 18.0 Å². The molecule has 0 aliphatic carbocycles. The highest BCUT2D eigenvalue weighted by molar-refractivity contribution is 6.30. The summed E-state index contributed by atoms with van der Waals surface area (Å²) >= 11 is 6.26. The Balaban J connectivity index is 1.47. The molecular formula is C22H22ClN5O2. The minimum Gasteiger partial charge on any atom is -0.359 e. The summed E-state index contributed by atoms with van der Waals surface area (Å²) in [5.41, 5.74) is 4.10. The molecule has 1 saturated heterocycles. The Morgan fingerprint density at radius 1 is 1.20 bits per heavy atom. The molecule has 1 amide bonds. The molecule has 8 heteroatoms. The fourth-order valence-corrected chi connectivity index (χ4v) is 4.65. The van der Waals surface area contributed by atoms with Crippen LogP contribution in [0.2, 0.25) is 5.02 Å². The lowest BCUT2D eigenvalue weighted by Gasteiger charge is -2.32. The standard InChI is InChI=1S/C22H22ClN5O2/c1-14(29)28-12-16-11-17(23)4-5-18(16)21-19(13-28)30-26-22(21)15-6-9-27(10-7-15)20-3-2-8-24-25-20/h2-5,8,11,15H,6-7,9-10,12-13H2,1H3. The number of halogens is 1. The van der Waals surface area contributed by atoms with Gasteiger partial charge in [-0.3, -0.25) is 4.79 Å². The molecular weight excluding hydrogens is 402 g/mol. The number of aromatic nitrogens is 3. The van der Waals surface area contributed by atoms with E-state index in [-0.39, 0.29) is 11.8 Å². The molecule has 3 aromatic rings. The summed E-state index contributed by atoms with van der Waals surface area (Å²) in [6.45, 7) is 4.28. The van der Waals surface area contributed by atoms with Crippen LogP contribution in [0.25, 0.3) is 11.1 Å². The average molecular weight is 424 g/mol. The Labute approximate surface area is 179 Å². The van der Waals surface area contributed by atoms with Gasteiger partial charge in [0.05, 0.1) is 17.8 Å². The Kier molecular flexibility index (Phi) is 4.90. The van der Waals surface area contributed by atoms with Gasteiger partial charge in [0.15, 0.2) is 11.6 Å². The zero-order chi connectivity index (χ0) is 20.7. The maximum absolute atomic E-state index is 12.1. The van der Waals surface area contributed by atoms with Gasteiger partial charge >= 0.3 is 0 Å². The number of hydrogen-bond acceptors (Lipinski definition) is 6. The number of carbonyl (C=O) groups is 1. The summed E-state index contributed by atoms with van der Waals surface area (Å²) in [7, 11) is 0. The molecule has 0 radical (unpaired) electrons. The third kappa shape index (κ3) is 3.43. The molecule has 0 unspecified atom stereocenters. The molecule has 4 heterocycles. The lowest BCUT2D eigenvalue weighted by atomic mass is 9.87. The molecule has 30 heavy (non-hydrogen) atoms. The van der Waals surface area contributed by atoms with Gasteiger partial charge in [-0.15, -0.1) is 5.10 Å². The summed E-state index contributed by atoms with van der Waals surface area (Å²) in [5.74, 6) is 1.95. The summed E-state index contributed by atoms with van der Waals surface area (Å²) in [5, 5.41) is 13.4. The minimum atomic E-state index is 0.00371. The number of piperidine rings is 1. The van der Waals surface area contributed by atoms with Crippen molar-refractivity contribution in [3.63, 3.8) is 0 Å². The highest BCUT2D eigenvalue weighted by atomic mass is 35.5. The van der Waals surface area contributed by atoms with Crippen molar-refractivity contribution in [2.45, 2.75) is 38.8 Å². The molecule has 154 valence electrons. The maximum atomic E-state index is 12.1. The summed E-state index contributed by atoms with van der Waals surface area (Å²) < 4.78 is 5.79. The minimum absolute atomic E-state index is 0.00371. The smallest absolute Gasteiger partial charge is 0.220 e. The predicted molar refractivity (Wildman–Crippen MR) is 113 cm³/mol. The first-order valence-corrected chi connectivity index (χ1v) is 10.5. The van der Waals surface area contributed by atoms with E-state index in [9.17, 15) is 4.79 Å². The van der Waals surface area contributed by atoms with Gasteiger partial charge in [-0.25, -0.2) is 0 Å². The molecule has 2 aliphatic rings. The van der Waals surface area contributed by atoms with Crippen molar-refractivity contribution in [3.05, 3.63) is 58.6 Å². The van der Waals surface area contributed by atoms with E-state index in [1.165, 1.54) is 0 Å². The van der Waals surface area contributed by atoms with Crippen molar-refractivity contribution in [3.8, 4) is 11.1 Å². The topological polar surface area (TPSA) is 75.4 Å². The van der Waals surface area contributed by atoms with Crippen molar-refractivity contribution in [1.29, 1.82) is 0 Å². The molecule has 2 aromatic heterocycles. The highest BCUT2D eigenvalue weighted by Crippen LogP contribution is 2.41. The Bertz CT molecular complexity index is 1080. The van der Waals surface area contributed by atoms with Crippen LogP contribution in [0.1, 0.15) is 42.7 Å². The van der Waals surface area contributed by atoms with Crippen molar-refractivity contribution >= 4 is 23.3 Å². The molecule has 0 N–H and O–H groups in total. The summed E-state index contributed by atoms with van der Waals surface area (Å²) in [6, 6.07) is 9.76. The Morgan fingerprint density at radius 3 is 2.77 bits per heavy atom. The number of benzene rings is 1. The van der Waals surface area contributed by atoms with Gasteiger partial charge in [0, 0.05) is 43.7 Å². The van der Waals surface area contributed by atoms with Crippen LogP contribution in [0.15, 0.2) is 41.1 Å². The second-order valence-electron chi connectivity index (χ2n) is 7.89. The SMILES string of the molecule is CC(=O)N1Cc2cc(Cl)ccc2-c2c(C3CCN(c4cccnn4)CC3)noc2C1. The van der Waals surface area contributed by atoms with Crippen LogP contribution in [0.4, 0.5) is 5.82 Å². The normalized spacial score (nSPS) is 16.7. The zero-order valence-electron chi connectivity index (χ0n) is 16.7. The van der Waals surface area contributed by atoms with E-state index in [4.69, 9.17) is 16.1 Å². The van der Waals surface area contributed by atoms with Crippen LogP contribution in [0.5, 0.6) is 0 Å². The van der Waals surface area contributed by atoms with Gasteiger partial charge in [-0.05, 0) is 48.2 Å². The number of carbonyl (C=O) groups excluding carboxylic acids is 1. The number of anilines is 1. The molecule has 1 aromatic carbocycles. The lowest BCUT2D eigenvalue weighted by Crippen LogP contribution is -2.33. The molecule has 5 rings (SSSR count). The van der Waals surface area contributed by atoms with Crippen LogP contribution < -0.4 is 4.90 Å². The Hall–Kier alpha value is -2.93. The van der Waals surface area contributed by atoms with E-state index in [1.807, 2.05) is 30.3 Å². The average Bonchev–Trinajstić information content (AvgIpc) is 3.10. The van der Waals surface area contributed by atoms with Gasteiger partial charge in [-0.1, -0.05) is 22.8 Å². The van der Waals surface area contributed by atoms with E-state index in [0.29, 0.717) is 18.1 Å². The number of fused-ring (bicyclic) bond motifs is 3. The van der Waals surface area contributed by atoms with E-state index < -0.39 is 0 Å². The predicted octanol–water partition coefficient (Wildman–Crippen LogP) is 4.03. The van der Waals surface area contributed by atoms with E-state index >= 15 is 0 Å². The second kappa shape index (κ2) is 7.72. The van der Waals surface area contributed by atoms with Gasteiger partial charge in [0.1, 0.15) is 0 Å². The number of nitrogens with zero attached hydrogens (tertiary/aromatic N) is 5. The zero-order valence-corrected chi connectivity index (χ0v) is 17.5. The first-order valence-electron chi connectivity index (χ1n) is 10.2. The summed E-state index contributed by atoms with van der Waals surface area (Å²) in [6.07, 6.45) is 3.60. The fraction of sp³-hybridized carbons (Fsp3) is 0.364. The first-order chi connectivity index (χ1) is 14.6. The van der Waals surface area contributed by atoms with Gasteiger partial charge < -0.3 is 14.3 Å². The third-order valence-corrected chi connectivity index (χ3v) is 6.27. The number of amides is 1. The maximum Gasteiger partial charge on any atom is 0.220 e. The molecule has 7 nitrogen and oxygen atoms in total. The molecule has 2 aliphatic heterocycles. The van der Waals surface area contributed by atoms with E-state index in [0.717, 1.165) is 59.9 Å². The molecule has 1 fully saturated rings. The lowest BCUT2D eigenvalue weighted by molar-refractivity contribution is -0.130. The monoisotopic (exact) mass is 423 g/mol. The van der Waals surface area contributed by atoms with E-state index in [1.54, 1.807) is 18.0 Å². The number of rotatable bonds is 2. The van der Waals surface area contributed by atoms with Crippen LogP contribution in [-0.4, -0.2) is 39.3 Å². The van der Waals surface area contributed by atoms with E-state index in [2.05, 4.69) is 20.3 Å². The second-order valence-corrected chi connectivity index (χ2v) is 8.32. The molecule has 0 saturated carbocycles. The van der Waals surface area contributed by atoms with Crippen LogP contribution in [0, 0.1) is 0 Å². The number of hydrogen-bond donors (Lipinski definition) is 0. The molecule has 0 spiro atoms. The third-order valence-electron chi connectivity index (χ3n) is 6.03. The fourth-order valence-electron chi connectivity index (χ4n) is 4.45. The van der Waals surface area contributed by atoms with Crippen LogP contribution >= 0.6 is 11.6 Å². The quantitative estimate of drug-likeness (QED) is 0.619. The first kappa shape index (κ1) is 19.1. The van der Waals surface area contributed by atoms with Crippen LogP contribution in [-0.2, 0) is 17.9 Å². The van der Waals surface area contributed by atoms with Gasteiger partial charge in [-0.2, -0.15) is 5.10 Å². The van der Waals surface area contributed by atoms with Gasteiger partial charge in [0.2, 0.25) is 5.91 Å². The Morgan fingerprint density at radius 2 is 2.03 bits per heavy atom. The van der Waals surface area contributed by atoms with Gasteiger partial charge in [0.25, 0.3) is 0 Å². The van der Waals surface area contributed by atoms with Crippen molar-refractivity contribution in [2.24, 2.45) is 0 Å².